The molecule has 3 rings (SSSR count). The molecule has 5 nitrogen and oxygen atoms in total. The van der Waals surface area contributed by atoms with Crippen LogP contribution in [0.2, 0.25) is 0 Å². The molecule has 1 heterocycles. The summed E-state index contributed by atoms with van der Waals surface area (Å²) in [5.41, 5.74) is 0.864. The lowest BCUT2D eigenvalue weighted by Crippen LogP contribution is -2.48. The summed E-state index contributed by atoms with van der Waals surface area (Å²) >= 11 is 0. The van der Waals surface area contributed by atoms with E-state index in [4.69, 9.17) is 0 Å². The number of rotatable bonds is 3. The second-order valence-electron chi connectivity index (χ2n) is 6.15. The van der Waals surface area contributed by atoms with Crippen LogP contribution in [0.3, 0.4) is 0 Å². The molecule has 8 heteroatoms. The number of benzene rings is 2. The third-order valence-corrected chi connectivity index (χ3v) is 4.25. The van der Waals surface area contributed by atoms with E-state index in [1.807, 2.05) is 0 Å². The molecule has 0 aliphatic carbocycles. The van der Waals surface area contributed by atoms with Gasteiger partial charge in [0, 0.05) is 32.2 Å². The van der Waals surface area contributed by atoms with E-state index in [0.29, 0.717) is 30.9 Å². The number of halogens is 3. The maximum atomic E-state index is 14.3. The average molecular weight is 396 g/mol. The van der Waals surface area contributed by atoms with Gasteiger partial charge in [-0.2, -0.15) is 0 Å². The Kier molecular flexibility index (Phi) is 6.87. The second-order valence-corrected chi connectivity index (χ2v) is 6.15. The molecule has 0 bridgehead atoms. The van der Waals surface area contributed by atoms with Crippen LogP contribution in [-0.2, 0) is 4.79 Å². The van der Waals surface area contributed by atoms with Crippen molar-refractivity contribution >= 4 is 29.9 Å². The second kappa shape index (κ2) is 8.92. The average Bonchev–Trinajstić information content (AvgIpc) is 2.62. The lowest BCUT2D eigenvalue weighted by molar-refractivity contribution is -0.114. The van der Waals surface area contributed by atoms with Crippen molar-refractivity contribution in [2.45, 2.75) is 13.0 Å². The number of carbonyl (C=O) groups is 2. The van der Waals surface area contributed by atoms with E-state index in [9.17, 15) is 18.4 Å². The van der Waals surface area contributed by atoms with E-state index in [-0.39, 0.29) is 29.7 Å². The van der Waals surface area contributed by atoms with Crippen molar-refractivity contribution in [2.24, 2.45) is 0 Å². The number of carbonyl (C=O) groups excluding carboxylic acids is 2. The van der Waals surface area contributed by atoms with Crippen LogP contribution in [0.25, 0.3) is 0 Å². The highest BCUT2D eigenvalue weighted by Gasteiger charge is 2.30. The van der Waals surface area contributed by atoms with Crippen molar-refractivity contribution in [3.63, 3.8) is 0 Å². The number of nitrogens with zero attached hydrogens (tertiary/aromatic N) is 1. The molecule has 1 fully saturated rings. The molecule has 2 N–H and O–H groups in total. The highest BCUT2D eigenvalue weighted by atomic mass is 35.5. The summed E-state index contributed by atoms with van der Waals surface area (Å²) in [7, 11) is 0. The van der Waals surface area contributed by atoms with E-state index in [2.05, 4.69) is 10.6 Å². The molecule has 0 spiro atoms. The predicted octanol–water partition coefficient (Wildman–Crippen LogP) is 3.13. The minimum atomic E-state index is -0.666. The monoisotopic (exact) mass is 395 g/mol. The van der Waals surface area contributed by atoms with Crippen molar-refractivity contribution in [2.75, 3.05) is 25.0 Å². The number of hydrogen-bond donors (Lipinski definition) is 2. The smallest absolute Gasteiger partial charge is 0.257 e. The van der Waals surface area contributed by atoms with Crippen molar-refractivity contribution in [3.8, 4) is 0 Å². The van der Waals surface area contributed by atoms with Crippen LogP contribution in [0.1, 0.15) is 28.9 Å². The van der Waals surface area contributed by atoms with E-state index in [0.717, 1.165) is 6.07 Å². The molecule has 1 aliphatic heterocycles. The number of anilines is 1. The lowest BCUT2D eigenvalue weighted by atomic mass is 10.0. The fraction of sp³-hybridized carbons (Fsp3) is 0.263. The van der Waals surface area contributed by atoms with Crippen LogP contribution >= 0.6 is 12.4 Å². The fourth-order valence-corrected chi connectivity index (χ4v) is 3.08. The molecule has 0 radical (unpaired) electrons. The standard InChI is InChI=1S/C19H19F2N3O2.ClH/c1-12(25)23-15-5-6-17(21)16(10-15)19(26)24-8-7-22-11-18(24)13-3-2-4-14(20)9-13;/h2-6,9-10,18,22H,7-8,11H2,1H3,(H,23,25);1H. The van der Waals surface area contributed by atoms with Crippen molar-refractivity contribution in [1.82, 2.24) is 10.2 Å². The Balaban J connectivity index is 0.00000261. The van der Waals surface area contributed by atoms with E-state index >= 15 is 0 Å². The SMILES string of the molecule is CC(=O)Nc1ccc(F)c(C(=O)N2CCNCC2c2cccc(F)c2)c1.Cl. The third-order valence-electron chi connectivity index (χ3n) is 4.25. The van der Waals surface area contributed by atoms with Gasteiger partial charge in [-0.3, -0.25) is 9.59 Å². The molecule has 1 aliphatic rings. The Morgan fingerprint density at radius 1 is 1.19 bits per heavy atom. The first-order valence-corrected chi connectivity index (χ1v) is 8.30. The quantitative estimate of drug-likeness (QED) is 0.839. The molecule has 2 amide bonds. The first-order chi connectivity index (χ1) is 12.5. The van der Waals surface area contributed by atoms with Gasteiger partial charge >= 0.3 is 0 Å². The summed E-state index contributed by atoms with van der Waals surface area (Å²) < 4.78 is 27.9. The summed E-state index contributed by atoms with van der Waals surface area (Å²) in [5, 5.41) is 5.72. The molecule has 27 heavy (non-hydrogen) atoms. The maximum absolute atomic E-state index is 14.3. The minimum Gasteiger partial charge on any atom is -0.329 e. The molecule has 0 aromatic heterocycles. The molecule has 1 unspecified atom stereocenters. The van der Waals surface area contributed by atoms with Crippen LogP contribution in [0.5, 0.6) is 0 Å². The summed E-state index contributed by atoms with van der Waals surface area (Å²) in [6.07, 6.45) is 0. The van der Waals surface area contributed by atoms with Gasteiger partial charge in [-0.1, -0.05) is 12.1 Å². The van der Waals surface area contributed by atoms with Crippen molar-refractivity contribution < 1.29 is 18.4 Å². The Morgan fingerprint density at radius 3 is 2.67 bits per heavy atom. The Labute approximate surface area is 162 Å². The van der Waals surface area contributed by atoms with Gasteiger partial charge in [-0.25, -0.2) is 8.78 Å². The van der Waals surface area contributed by atoms with Crippen LogP contribution in [0, 0.1) is 11.6 Å². The molecular weight excluding hydrogens is 376 g/mol. The topological polar surface area (TPSA) is 61.4 Å². The lowest BCUT2D eigenvalue weighted by Gasteiger charge is -2.36. The zero-order valence-electron chi connectivity index (χ0n) is 14.7. The maximum Gasteiger partial charge on any atom is 0.257 e. The van der Waals surface area contributed by atoms with E-state index in [1.165, 1.54) is 36.1 Å². The van der Waals surface area contributed by atoms with Gasteiger partial charge in [0.05, 0.1) is 11.6 Å². The fourth-order valence-electron chi connectivity index (χ4n) is 3.08. The molecule has 144 valence electrons. The highest BCUT2D eigenvalue weighted by Crippen LogP contribution is 2.26. The van der Waals surface area contributed by atoms with Crippen LogP contribution in [-0.4, -0.2) is 36.3 Å². The number of hydrogen-bond acceptors (Lipinski definition) is 3. The zero-order chi connectivity index (χ0) is 18.7. The summed E-state index contributed by atoms with van der Waals surface area (Å²) in [6, 6.07) is 9.50. The van der Waals surface area contributed by atoms with Gasteiger partial charge < -0.3 is 15.5 Å². The van der Waals surface area contributed by atoms with Gasteiger partial charge in [-0.15, -0.1) is 12.4 Å². The largest absolute Gasteiger partial charge is 0.329 e. The van der Waals surface area contributed by atoms with Crippen LogP contribution < -0.4 is 10.6 Å². The predicted molar refractivity (Wildman–Crippen MR) is 101 cm³/mol. The number of piperazine rings is 1. The van der Waals surface area contributed by atoms with E-state index in [1.54, 1.807) is 12.1 Å². The Bertz CT molecular complexity index is 847. The first-order valence-electron chi connectivity index (χ1n) is 8.30. The van der Waals surface area contributed by atoms with Crippen molar-refractivity contribution in [3.05, 3.63) is 65.2 Å². The minimum absolute atomic E-state index is 0. The first kappa shape index (κ1) is 20.8. The summed E-state index contributed by atoms with van der Waals surface area (Å²) in [6.45, 7) is 2.71. The Hall–Kier alpha value is -2.51. The van der Waals surface area contributed by atoms with Crippen LogP contribution in [0.15, 0.2) is 42.5 Å². The van der Waals surface area contributed by atoms with Gasteiger partial charge in [-0.05, 0) is 35.9 Å². The number of amides is 2. The molecule has 1 saturated heterocycles. The molecule has 0 saturated carbocycles. The van der Waals surface area contributed by atoms with Gasteiger partial charge in [0.1, 0.15) is 11.6 Å². The molecular formula is C19H20ClF2N3O2. The van der Waals surface area contributed by atoms with Crippen LogP contribution in [0.4, 0.5) is 14.5 Å². The highest BCUT2D eigenvalue weighted by molar-refractivity contribution is 5.97. The summed E-state index contributed by atoms with van der Waals surface area (Å²) in [4.78, 5) is 25.7. The molecule has 1 atom stereocenters. The molecule has 2 aromatic rings. The molecule has 2 aromatic carbocycles. The number of nitrogens with one attached hydrogen (secondary N) is 2. The van der Waals surface area contributed by atoms with Gasteiger partial charge in [0.2, 0.25) is 5.91 Å². The van der Waals surface area contributed by atoms with Crippen molar-refractivity contribution in [1.29, 1.82) is 0 Å². The zero-order valence-corrected chi connectivity index (χ0v) is 15.5. The Morgan fingerprint density at radius 2 is 1.96 bits per heavy atom. The van der Waals surface area contributed by atoms with Gasteiger partial charge in [0.15, 0.2) is 0 Å². The van der Waals surface area contributed by atoms with E-state index < -0.39 is 17.8 Å². The third kappa shape index (κ3) is 4.81. The normalized spacial score (nSPS) is 16.4. The summed E-state index contributed by atoms with van der Waals surface area (Å²) in [5.74, 6) is -1.86. The van der Waals surface area contributed by atoms with Gasteiger partial charge in [0.25, 0.3) is 5.91 Å².